The second-order valence-electron chi connectivity index (χ2n) is 15.1. The zero-order valence-corrected chi connectivity index (χ0v) is 31.5. The number of hydrogen-bond donors (Lipinski definition) is 1. The van der Waals surface area contributed by atoms with Gasteiger partial charge in [-0.15, -0.1) is 0 Å². The molecule has 2 atom stereocenters. The molecule has 57 heavy (non-hydrogen) atoms. The Morgan fingerprint density at radius 1 is 0.509 bits per heavy atom. The standard InChI is InChI=1S/C52H39N5/c1-34-31-39(52-54-50(35-15-5-2-6-16-35)53-51(55-52)36-17-7-3-8-18-36)27-28-45(34)57-47-24-14-12-22-42(47)44-33-38(26-30-49(44)57)37-25-29-48-43(32-37)41-21-11-13-23-46(41)56(48)40-19-9-4-10-20-40/h2-30,32-34,50H,31H2,1H3,(H,53,54,55). The second kappa shape index (κ2) is 13.5. The van der Waals surface area contributed by atoms with E-state index < -0.39 is 0 Å². The van der Waals surface area contributed by atoms with Crippen LogP contribution < -0.4 is 5.32 Å². The Bertz CT molecular complexity index is 3130. The molecule has 272 valence electrons. The molecular weight excluding hydrogens is 695 g/mol. The van der Waals surface area contributed by atoms with Crippen molar-refractivity contribution in [3.8, 4) is 16.8 Å². The molecule has 0 saturated heterocycles. The summed E-state index contributed by atoms with van der Waals surface area (Å²) < 4.78 is 4.85. The highest BCUT2D eigenvalue weighted by molar-refractivity contribution is 6.15. The Morgan fingerprint density at radius 2 is 1.05 bits per heavy atom. The highest BCUT2D eigenvalue weighted by Crippen LogP contribution is 2.41. The summed E-state index contributed by atoms with van der Waals surface area (Å²) in [5.74, 6) is 1.88. The first-order valence-electron chi connectivity index (χ1n) is 19.7. The molecule has 0 spiro atoms. The number of nitrogens with zero attached hydrogens (tertiary/aromatic N) is 4. The van der Waals surface area contributed by atoms with Crippen LogP contribution in [0, 0.1) is 5.92 Å². The average Bonchev–Trinajstić information content (AvgIpc) is 3.79. The molecule has 9 aromatic rings. The fourth-order valence-electron chi connectivity index (χ4n) is 8.90. The maximum Gasteiger partial charge on any atom is 0.159 e. The molecule has 2 aliphatic rings. The van der Waals surface area contributed by atoms with Crippen molar-refractivity contribution < 1.29 is 0 Å². The van der Waals surface area contributed by atoms with Gasteiger partial charge < -0.3 is 14.5 Å². The molecule has 2 aromatic heterocycles. The molecular formula is C52H39N5. The van der Waals surface area contributed by atoms with E-state index in [1.807, 2.05) is 24.3 Å². The number of rotatable bonds is 6. The number of amidine groups is 2. The topological polar surface area (TPSA) is 46.6 Å². The molecule has 11 rings (SSSR count). The number of aromatic nitrogens is 2. The molecule has 0 saturated carbocycles. The van der Waals surface area contributed by atoms with Gasteiger partial charge in [-0.1, -0.05) is 140 Å². The molecule has 3 heterocycles. The van der Waals surface area contributed by atoms with E-state index in [4.69, 9.17) is 9.98 Å². The molecule has 0 radical (unpaired) electrons. The predicted molar refractivity (Wildman–Crippen MR) is 238 cm³/mol. The number of aliphatic imine (C=N–C) groups is 2. The zero-order valence-electron chi connectivity index (χ0n) is 31.5. The fraction of sp³-hybridized carbons (Fsp3) is 0.0769. The molecule has 1 aliphatic heterocycles. The number of nitrogens with one attached hydrogen (secondary N) is 1. The minimum Gasteiger partial charge on any atom is -0.344 e. The Balaban J connectivity index is 0.995. The summed E-state index contributed by atoms with van der Waals surface area (Å²) in [5.41, 5.74) is 13.0. The Morgan fingerprint density at radius 3 is 1.70 bits per heavy atom. The van der Waals surface area contributed by atoms with E-state index in [0.29, 0.717) is 0 Å². The fourth-order valence-corrected chi connectivity index (χ4v) is 8.90. The van der Waals surface area contributed by atoms with Crippen LogP contribution in [0.3, 0.4) is 0 Å². The maximum atomic E-state index is 5.11. The minimum absolute atomic E-state index is 0.217. The number of fused-ring (bicyclic) bond motifs is 6. The monoisotopic (exact) mass is 733 g/mol. The minimum atomic E-state index is -0.217. The number of benzene rings is 7. The molecule has 0 bridgehead atoms. The highest BCUT2D eigenvalue weighted by atomic mass is 15.2. The van der Waals surface area contributed by atoms with E-state index in [-0.39, 0.29) is 12.1 Å². The summed E-state index contributed by atoms with van der Waals surface area (Å²) in [4.78, 5) is 10.2. The summed E-state index contributed by atoms with van der Waals surface area (Å²) in [6, 6.07) is 62.8. The van der Waals surface area contributed by atoms with E-state index in [2.05, 4.69) is 185 Å². The molecule has 2 unspecified atom stereocenters. The van der Waals surface area contributed by atoms with Crippen LogP contribution in [0.5, 0.6) is 0 Å². The van der Waals surface area contributed by atoms with Gasteiger partial charge in [-0.25, -0.2) is 9.98 Å². The normalized spacial score (nSPS) is 17.0. The van der Waals surface area contributed by atoms with Gasteiger partial charge in [0.1, 0.15) is 12.0 Å². The number of hydrogen-bond acceptors (Lipinski definition) is 3. The first-order valence-corrected chi connectivity index (χ1v) is 19.7. The van der Waals surface area contributed by atoms with Crippen LogP contribution in [-0.2, 0) is 0 Å². The lowest BCUT2D eigenvalue weighted by molar-refractivity contribution is 0.659. The van der Waals surface area contributed by atoms with Gasteiger partial charge in [0, 0.05) is 44.4 Å². The molecule has 1 aliphatic carbocycles. The van der Waals surface area contributed by atoms with Crippen molar-refractivity contribution in [2.24, 2.45) is 15.9 Å². The van der Waals surface area contributed by atoms with Crippen molar-refractivity contribution in [2.45, 2.75) is 19.5 Å². The van der Waals surface area contributed by atoms with Crippen molar-refractivity contribution in [1.82, 2.24) is 14.5 Å². The van der Waals surface area contributed by atoms with E-state index in [9.17, 15) is 0 Å². The molecule has 5 nitrogen and oxygen atoms in total. The highest BCUT2D eigenvalue weighted by Gasteiger charge is 2.27. The first-order chi connectivity index (χ1) is 28.2. The smallest absolute Gasteiger partial charge is 0.159 e. The van der Waals surface area contributed by atoms with Gasteiger partial charge in [0.15, 0.2) is 5.84 Å². The van der Waals surface area contributed by atoms with E-state index >= 15 is 0 Å². The largest absolute Gasteiger partial charge is 0.344 e. The lowest BCUT2D eigenvalue weighted by atomic mass is 9.91. The quantitative estimate of drug-likeness (QED) is 0.182. The summed E-state index contributed by atoms with van der Waals surface area (Å²) in [7, 11) is 0. The van der Waals surface area contributed by atoms with Gasteiger partial charge in [-0.05, 0) is 83.3 Å². The summed E-state index contributed by atoms with van der Waals surface area (Å²) in [6.45, 7) is 2.33. The van der Waals surface area contributed by atoms with Crippen LogP contribution in [0.15, 0.2) is 204 Å². The third-order valence-corrected chi connectivity index (χ3v) is 11.6. The number of allylic oxidation sites excluding steroid dienone is 3. The first kappa shape index (κ1) is 33.1. The average molecular weight is 734 g/mol. The van der Waals surface area contributed by atoms with Crippen LogP contribution in [0.2, 0.25) is 0 Å². The molecule has 1 N–H and O–H groups in total. The third-order valence-electron chi connectivity index (χ3n) is 11.6. The van der Waals surface area contributed by atoms with Gasteiger partial charge in [-0.3, -0.25) is 0 Å². The Kier molecular flexibility index (Phi) is 7.85. The van der Waals surface area contributed by atoms with E-state index in [0.717, 1.165) is 29.2 Å². The second-order valence-corrected chi connectivity index (χ2v) is 15.1. The van der Waals surface area contributed by atoms with Gasteiger partial charge >= 0.3 is 0 Å². The maximum absolute atomic E-state index is 5.11. The van der Waals surface area contributed by atoms with Crippen LogP contribution in [0.1, 0.15) is 30.6 Å². The van der Waals surface area contributed by atoms with Gasteiger partial charge in [0.2, 0.25) is 0 Å². The van der Waals surface area contributed by atoms with E-state index in [1.54, 1.807) is 0 Å². The SMILES string of the molecule is CC1CC(C2=NC(c3ccccc3)=NC(c3ccccc3)N2)=CC=C1n1c2ccccc2c2cc(-c3ccc4c(c3)c3ccccc3n4-c3ccccc3)ccc21. The number of para-hydroxylation sites is 3. The molecule has 5 heteroatoms. The van der Waals surface area contributed by atoms with Crippen LogP contribution >= 0.6 is 0 Å². The Hall–Kier alpha value is -7.24. The lowest BCUT2D eigenvalue weighted by Gasteiger charge is -2.28. The van der Waals surface area contributed by atoms with Crippen molar-refractivity contribution in [3.05, 3.63) is 205 Å². The molecule has 7 aromatic carbocycles. The Labute approximate surface area is 331 Å². The van der Waals surface area contributed by atoms with Crippen LogP contribution in [-0.4, -0.2) is 20.8 Å². The van der Waals surface area contributed by atoms with Gasteiger partial charge in [-0.2, -0.15) is 0 Å². The van der Waals surface area contributed by atoms with Crippen LogP contribution in [0.4, 0.5) is 0 Å². The van der Waals surface area contributed by atoms with Crippen LogP contribution in [0.25, 0.3) is 66.1 Å². The lowest BCUT2D eigenvalue weighted by Crippen LogP contribution is -2.35. The summed E-state index contributed by atoms with van der Waals surface area (Å²) >= 11 is 0. The summed E-state index contributed by atoms with van der Waals surface area (Å²) in [5, 5.41) is 8.71. The van der Waals surface area contributed by atoms with Crippen molar-refractivity contribution in [3.63, 3.8) is 0 Å². The van der Waals surface area contributed by atoms with Crippen molar-refractivity contribution >= 4 is 61.0 Å². The van der Waals surface area contributed by atoms with Gasteiger partial charge in [0.05, 0.1) is 22.1 Å². The van der Waals surface area contributed by atoms with Crippen molar-refractivity contribution in [1.29, 1.82) is 0 Å². The summed E-state index contributed by atoms with van der Waals surface area (Å²) in [6.07, 6.45) is 5.19. The predicted octanol–water partition coefficient (Wildman–Crippen LogP) is 12.5. The zero-order chi connectivity index (χ0) is 37.9. The van der Waals surface area contributed by atoms with Crippen molar-refractivity contribution in [2.75, 3.05) is 0 Å². The third kappa shape index (κ3) is 5.62. The molecule has 0 fully saturated rings. The van der Waals surface area contributed by atoms with E-state index in [1.165, 1.54) is 71.7 Å². The van der Waals surface area contributed by atoms with Gasteiger partial charge in [0.25, 0.3) is 0 Å². The molecule has 0 amide bonds.